The van der Waals surface area contributed by atoms with Crippen molar-refractivity contribution in [1.29, 1.82) is 0 Å². The zero-order chi connectivity index (χ0) is 23.8. The van der Waals surface area contributed by atoms with Gasteiger partial charge in [-0.2, -0.15) is 0 Å². The van der Waals surface area contributed by atoms with Crippen LogP contribution in [-0.4, -0.2) is 48.0 Å². The molecule has 1 amide bonds. The van der Waals surface area contributed by atoms with Gasteiger partial charge in [-0.1, -0.05) is 11.6 Å². The van der Waals surface area contributed by atoms with Crippen LogP contribution < -0.4 is 10.2 Å². The molecule has 3 heterocycles. The molecule has 1 aromatic carbocycles. The fourth-order valence-electron chi connectivity index (χ4n) is 5.53. The highest BCUT2D eigenvalue weighted by Gasteiger charge is 2.55. The van der Waals surface area contributed by atoms with Crippen molar-refractivity contribution >= 4 is 38.9 Å². The van der Waals surface area contributed by atoms with Gasteiger partial charge in [0.25, 0.3) is 5.91 Å². The summed E-state index contributed by atoms with van der Waals surface area (Å²) in [4.78, 5) is 19.4. The Morgan fingerprint density at radius 2 is 1.85 bits per heavy atom. The molecule has 0 radical (unpaired) electrons. The van der Waals surface area contributed by atoms with E-state index in [-0.39, 0.29) is 22.6 Å². The van der Waals surface area contributed by atoms with Crippen molar-refractivity contribution in [2.24, 2.45) is 5.41 Å². The van der Waals surface area contributed by atoms with Crippen molar-refractivity contribution < 1.29 is 13.2 Å². The molecule has 0 atom stereocenters. The van der Waals surface area contributed by atoms with Gasteiger partial charge >= 0.3 is 0 Å². The topological polar surface area (TPSA) is 82.6 Å². The third-order valence-corrected chi connectivity index (χ3v) is 9.73. The number of fused-ring (bicyclic) bond motifs is 1. The number of anilines is 2. The molecule has 2 aliphatic heterocycles. The molecule has 9 heteroatoms. The van der Waals surface area contributed by atoms with E-state index in [0.717, 1.165) is 29.8 Å². The third-order valence-electron chi connectivity index (χ3n) is 7.32. The predicted octanol–water partition coefficient (Wildman–Crippen LogP) is 4.25. The number of carbonyl (C=O) groups excluding carboxylic acids is 1. The quantitative estimate of drug-likeness (QED) is 0.680. The van der Waals surface area contributed by atoms with Crippen LogP contribution in [0.15, 0.2) is 36.7 Å². The fourth-order valence-corrected chi connectivity index (χ4v) is 7.21. The fraction of sp³-hybridized carbons (Fsp3) is 0.500. The predicted molar refractivity (Wildman–Crippen MR) is 130 cm³/mol. The number of pyridine rings is 1. The molecule has 1 aromatic heterocycles. The maximum absolute atomic E-state index is 13.2. The van der Waals surface area contributed by atoms with E-state index in [1.165, 1.54) is 0 Å². The number of nitrogens with one attached hydrogen (secondary N) is 1. The molecule has 1 N–H and O–H groups in total. The summed E-state index contributed by atoms with van der Waals surface area (Å²) in [7, 11) is -3.16. The van der Waals surface area contributed by atoms with Crippen LogP contribution in [0.5, 0.6) is 0 Å². The SMILES string of the molecule is CC(C)S(=O)(=O)N1CC2(CC(Nc3cncc(N4C(=O)c5ccc(Cl)cc5C4(C)C)c3)C2)C1. The summed E-state index contributed by atoms with van der Waals surface area (Å²) in [5.41, 5.74) is 2.71. The zero-order valence-electron chi connectivity index (χ0n) is 19.3. The van der Waals surface area contributed by atoms with Gasteiger partial charge in [0, 0.05) is 35.1 Å². The molecule has 2 aromatic rings. The Kier molecular flexibility index (Phi) is 5.09. The highest BCUT2D eigenvalue weighted by molar-refractivity contribution is 7.89. The van der Waals surface area contributed by atoms with Crippen molar-refractivity contribution in [1.82, 2.24) is 9.29 Å². The minimum Gasteiger partial charge on any atom is -0.381 e. The van der Waals surface area contributed by atoms with Gasteiger partial charge in [-0.15, -0.1) is 0 Å². The summed E-state index contributed by atoms with van der Waals surface area (Å²) in [5, 5.41) is 3.76. The maximum atomic E-state index is 13.2. The van der Waals surface area contributed by atoms with Crippen LogP contribution in [-0.2, 0) is 15.6 Å². The normalized spacial score (nSPS) is 21.8. The number of aromatic nitrogens is 1. The Hall–Kier alpha value is -2.16. The van der Waals surface area contributed by atoms with Gasteiger partial charge in [-0.25, -0.2) is 12.7 Å². The molecule has 0 unspecified atom stereocenters. The Morgan fingerprint density at radius 1 is 1.15 bits per heavy atom. The molecule has 1 saturated carbocycles. The highest BCUT2D eigenvalue weighted by Crippen LogP contribution is 2.50. The smallest absolute Gasteiger partial charge is 0.259 e. The van der Waals surface area contributed by atoms with Gasteiger partial charge in [0.2, 0.25) is 10.0 Å². The van der Waals surface area contributed by atoms with Gasteiger partial charge in [0.05, 0.1) is 34.6 Å². The van der Waals surface area contributed by atoms with Crippen molar-refractivity contribution in [3.63, 3.8) is 0 Å². The molecule has 5 rings (SSSR count). The monoisotopic (exact) mass is 488 g/mol. The van der Waals surface area contributed by atoms with Crippen LogP contribution in [0.4, 0.5) is 11.4 Å². The molecule has 7 nitrogen and oxygen atoms in total. The van der Waals surface area contributed by atoms with Gasteiger partial charge in [-0.05, 0) is 70.4 Å². The molecule has 1 aliphatic carbocycles. The van der Waals surface area contributed by atoms with Crippen LogP contribution >= 0.6 is 11.6 Å². The van der Waals surface area contributed by atoms with Crippen molar-refractivity contribution in [2.45, 2.75) is 57.4 Å². The molecule has 1 spiro atoms. The Balaban J connectivity index is 1.27. The first-order chi connectivity index (χ1) is 15.4. The minimum atomic E-state index is -3.16. The van der Waals surface area contributed by atoms with E-state index in [4.69, 9.17) is 11.6 Å². The van der Waals surface area contributed by atoms with Crippen molar-refractivity contribution in [3.8, 4) is 0 Å². The van der Waals surface area contributed by atoms with E-state index in [9.17, 15) is 13.2 Å². The number of hydrogen-bond acceptors (Lipinski definition) is 5. The number of nitrogens with zero attached hydrogens (tertiary/aromatic N) is 3. The van der Waals surface area contributed by atoms with E-state index in [1.54, 1.807) is 47.6 Å². The minimum absolute atomic E-state index is 0.0610. The molecule has 33 heavy (non-hydrogen) atoms. The van der Waals surface area contributed by atoms with Crippen LogP contribution in [0, 0.1) is 5.41 Å². The molecule has 3 aliphatic rings. The molecule has 2 fully saturated rings. The first kappa shape index (κ1) is 22.6. The van der Waals surface area contributed by atoms with E-state index in [0.29, 0.717) is 23.7 Å². The van der Waals surface area contributed by atoms with Gasteiger partial charge in [0.1, 0.15) is 0 Å². The number of rotatable bonds is 5. The first-order valence-corrected chi connectivity index (χ1v) is 13.2. The largest absolute Gasteiger partial charge is 0.381 e. The molecular weight excluding hydrogens is 460 g/mol. The summed E-state index contributed by atoms with van der Waals surface area (Å²) in [5.74, 6) is -0.0610. The molecule has 176 valence electrons. The van der Waals surface area contributed by atoms with E-state index in [1.807, 2.05) is 26.0 Å². The second-order valence-electron chi connectivity index (χ2n) is 10.4. The lowest BCUT2D eigenvalue weighted by molar-refractivity contribution is -0.0176. The lowest BCUT2D eigenvalue weighted by Crippen LogP contribution is -2.66. The second-order valence-corrected chi connectivity index (χ2v) is 13.4. The van der Waals surface area contributed by atoms with Crippen LogP contribution in [0.3, 0.4) is 0 Å². The summed E-state index contributed by atoms with van der Waals surface area (Å²) >= 11 is 6.20. The number of amides is 1. The Labute approximate surface area is 200 Å². The summed E-state index contributed by atoms with van der Waals surface area (Å²) in [6.45, 7) is 8.70. The van der Waals surface area contributed by atoms with E-state index >= 15 is 0 Å². The lowest BCUT2D eigenvalue weighted by Gasteiger charge is -2.58. The lowest BCUT2D eigenvalue weighted by atomic mass is 9.61. The number of hydrogen-bond donors (Lipinski definition) is 1. The van der Waals surface area contributed by atoms with Gasteiger partial charge in [0.15, 0.2) is 0 Å². The van der Waals surface area contributed by atoms with Gasteiger partial charge < -0.3 is 5.32 Å². The van der Waals surface area contributed by atoms with Crippen molar-refractivity contribution in [2.75, 3.05) is 23.3 Å². The van der Waals surface area contributed by atoms with Crippen molar-refractivity contribution in [3.05, 3.63) is 52.8 Å². The Bertz CT molecular complexity index is 1230. The van der Waals surface area contributed by atoms with Crippen LogP contribution in [0.2, 0.25) is 5.02 Å². The third kappa shape index (κ3) is 3.54. The zero-order valence-corrected chi connectivity index (χ0v) is 20.9. The van der Waals surface area contributed by atoms with Gasteiger partial charge in [-0.3, -0.25) is 14.7 Å². The first-order valence-electron chi connectivity index (χ1n) is 11.3. The Morgan fingerprint density at radius 3 is 2.52 bits per heavy atom. The second kappa shape index (κ2) is 7.42. The maximum Gasteiger partial charge on any atom is 0.259 e. The average Bonchev–Trinajstić information content (AvgIpc) is 2.87. The number of carbonyl (C=O) groups is 1. The molecule has 1 saturated heterocycles. The number of benzene rings is 1. The van der Waals surface area contributed by atoms with E-state index in [2.05, 4.69) is 10.3 Å². The van der Waals surface area contributed by atoms with E-state index < -0.39 is 15.6 Å². The standard InChI is InChI=1S/C24H29ClN4O3S/c1-15(2)33(31,32)28-13-24(14-28)9-18(10-24)27-17-8-19(12-26-11-17)29-22(30)20-6-5-16(25)7-21(20)23(29,3)4/h5-8,11-12,15,18,27H,9-10,13-14H2,1-4H3. The highest BCUT2D eigenvalue weighted by atomic mass is 35.5. The molecule has 0 bridgehead atoms. The number of sulfonamides is 1. The summed E-state index contributed by atoms with van der Waals surface area (Å²) in [6.07, 6.45) is 5.34. The average molecular weight is 489 g/mol. The van der Waals surface area contributed by atoms with Crippen LogP contribution in [0.25, 0.3) is 0 Å². The molecular formula is C24H29ClN4O3S. The summed E-state index contributed by atoms with van der Waals surface area (Å²) in [6, 6.07) is 7.62. The number of halogens is 1. The summed E-state index contributed by atoms with van der Waals surface area (Å²) < 4.78 is 26.2. The van der Waals surface area contributed by atoms with Crippen LogP contribution in [0.1, 0.15) is 56.5 Å².